The quantitative estimate of drug-likeness (QED) is 0.690. The molecule has 0 spiro atoms. The summed E-state index contributed by atoms with van der Waals surface area (Å²) in [7, 11) is 1.68. The van der Waals surface area contributed by atoms with Gasteiger partial charge in [0.2, 0.25) is 0 Å². The van der Waals surface area contributed by atoms with Crippen LogP contribution in [0.4, 0.5) is 10.6 Å². The van der Waals surface area contributed by atoms with E-state index in [0.717, 1.165) is 25.7 Å². The zero-order chi connectivity index (χ0) is 21.7. The van der Waals surface area contributed by atoms with E-state index in [0.29, 0.717) is 41.2 Å². The fourth-order valence-corrected chi connectivity index (χ4v) is 4.56. The van der Waals surface area contributed by atoms with E-state index in [9.17, 15) is 14.7 Å². The van der Waals surface area contributed by atoms with Crippen LogP contribution in [0.2, 0.25) is 0 Å². The molecule has 4 atom stereocenters. The molecule has 0 aromatic carbocycles. The lowest BCUT2D eigenvalue weighted by atomic mass is 10.1. The number of carbonyl (C=O) groups is 2. The lowest BCUT2D eigenvalue weighted by Crippen LogP contribution is -2.20. The topological polar surface area (TPSA) is 128 Å². The Morgan fingerprint density at radius 3 is 2.74 bits per heavy atom. The van der Waals surface area contributed by atoms with Gasteiger partial charge in [0.05, 0.1) is 23.9 Å². The largest absolute Gasteiger partial charge is 0.488 e. The van der Waals surface area contributed by atoms with Gasteiger partial charge < -0.3 is 14.6 Å². The van der Waals surface area contributed by atoms with Gasteiger partial charge in [-0.05, 0) is 56.6 Å². The average molecular weight is 427 g/mol. The average Bonchev–Trinajstić information content (AvgIpc) is 3.63. The summed E-state index contributed by atoms with van der Waals surface area (Å²) >= 11 is 0. The van der Waals surface area contributed by atoms with Crippen LogP contribution in [-0.4, -0.2) is 49.9 Å². The normalized spacial score (nSPS) is 26.3. The summed E-state index contributed by atoms with van der Waals surface area (Å²) in [6.45, 7) is 2.25. The highest BCUT2D eigenvalue weighted by molar-refractivity contribution is 5.88. The number of ether oxygens (including phenoxy) is 2. The summed E-state index contributed by atoms with van der Waals surface area (Å²) in [5.41, 5.74) is 1.66. The van der Waals surface area contributed by atoms with Gasteiger partial charge in [-0.15, -0.1) is 5.10 Å². The highest BCUT2D eigenvalue weighted by Crippen LogP contribution is 2.58. The number of nitrogens with one attached hydrogen (secondary N) is 1. The first-order chi connectivity index (χ1) is 14.9. The maximum absolute atomic E-state index is 12.1. The van der Waals surface area contributed by atoms with Crippen molar-refractivity contribution in [3.05, 3.63) is 17.8 Å². The van der Waals surface area contributed by atoms with Crippen molar-refractivity contribution in [2.24, 2.45) is 30.7 Å². The van der Waals surface area contributed by atoms with Crippen LogP contribution in [-0.2, 0) is 16.6 Å². The summed E-state index contributed by atoms with van der Waals surface area (Å²) in [5.74, 6) is 0.834. The monoisotopic (exact) mass is 427 g/mol. The van der Waals surface area contributed by atoms with E-state index in [2.05, 4.69) is 20.6 Å². The Kier molecular flexibility index (Phi) is 4.79. The first kappa shape index (κ1) is 19.8. The zero-order valence-electron chi connectivity index (χ0n) is 17.4. The molecule has 31 heavy (non-hydrogen) atoms. The number of carboxylic acid groups (broad SMARTS) is 1. The minimum Gasteiger partial charge on any atom is -0.488 e. The Balaban J connectivity index is 1.29. The minimum absolute atomic E-state index is 0.0903. The third kappa shape index (κ3) is 3.82. The van der Waals surface area contributed by atoms with Crippen LogP contribution >= 0.6 is 0 Å². The minimum atomic E-state index is -0.730. The fraction of sp³-hybridized carbons (Fsp3) is 0.571. The summed E-state index contributed by atoms with van der Waals surface area (Å²) in [5, 5.41) is 20.1. The third-order valence-corrected chi connectivity index (χ3v) is 6.48. The smallest absolute Gasteiger partial charge is 0.412 e. The van der Waals surface area contributed by atoms with Crippen LogP contribution in [0.25, 0.3) is 11.4 Å². The second kappa shape index (κ2) is 7.51. The van der Waals surface area contributed by atoms with Gasteiger partial charge in [0, 0.05) is 13.0 Å². The van der Waals surface area contributed by atoms with Crippen LogP contribution in [0.1, 0.15) is 31.4 Å². The van der Waals surface area contributed by atoms with Crippen molar-refractivity contribution in [2.75, 3.05) is 11.9 Å². The lowest BCUT2D eigenvalue weighted by Gasteiger charge is -2.18. The van der Waals surface area contributed by atoms with Crippen LogP contribution in [0, 0.1) is 30.6 Å². The predicted octanol–water partition coefficient (Wildman–Crippen LogP) is 2.63. The summed E-state index contributed by atoms with van der Waals surface area (Å²) in [4.78, 5) is 28.0. The lowest BCUT2D eigenvalue weighted by molar-refractivity contribution is -0.139. The number of anilines is 1. The molecule has 5 rings (SSSR count). The molecule has 10 heteroatoms. The molecular formula is C21H25N5O5. The number of carbonyl (C=O) groups excluding carboxylic acids is 1. The van der Waals surface area contributed by atoms with E-state index in [1.165, 1.54) is 4.68 Å². The van der Waals surface area contributed by atoms with E-state index < -0.39 is 12.1 Å². The highest BCUT2D eigenvalue weighted by atomic mass is 16.5. The van der Waals surface area contributed by atoms with E-state index in [1.54, 1.807) is 13.1 Å². The molecule has 0 aliphatic heterocycles. The van der Waals surface area contributed by atoms with Crippen LogP contribution in [0.3, 0.4) is 0 Å². The molecular weight excluding hydrogens is 402 g/mol. The Labute approximate surface area is 178 Å². The van der Waals surface area contributed by atoms with Gasteiger partial charge in [0.25, 0.3) is 0 Å². The maximum atomic E-state index is 12.1. The van der Waals surface area contributed by atoms with Crippen molar-refractivity contribution in [2.45, 2.75) is 38.7 Å². The van der Waals surface area contributed by atoms with Crippen molar-refractivity contribution >= 4 is 17.9 Å². The Morgan fingerprint density at radius 2 is 2.06 bits per heavy atom. The molecule has 1 amide bonds. The van der Waals surface area contributed by atoms with Crippen molar-refractivity contribution in [1.82, 2.24) is 20.0 Å². The molecule has 0 saturated heterocycles. The zero-order valence-corrected chi connectivity index (χ0v) is 17.4. The number of aromatic nitrogens is 4. The van der Waals surface area contributed by atoms with E-state index in [1.807, 2.05) is 13.0 Å². The summed E-state index contributed by atoms with van der Waals surface area (Å²) < 4.78 is 12.8. The van der Waals surface area contributed by atoms with E-state index >= 15 is 0 Å². The molecule has 2 aromatic heterocycles. The van der Waals surface area contributed by atoms with Gasteiger partial charge in [0.15, 0.2) is 11.5 Å². The molecule has 0 unspecified atom stereocenters. The fourth-order valence-electron chi connectivity index (χ4n) is 4.56. The highest BCUT2D eigenvalue weighted by Gasteiger charge is 2.63. The molecule has 2 heterocycles. The van der Waals surface area contributed by atoms with Crippen LogP contribution in [0.5, 0.6) is 5.75 Å². The number of aryl methyl sites for hydroxylation is 2. The second-order valence-electron chi connectivity index (χ2n) is 8.70. The first-order valence-electron chi connectivity index (χ1n) is 10.6. The van der Waals surface area contributed by atoms with E-state index in [-0.39, 0.29) is 23.9 Å². The van der Waals surface area contributed by atoms with Gasteiger partial charge in [0.1, 0.15) is 11.9 Å². The van der Waals surface area contributed by atoms with Gasteiger partial charge in [-0.3, -0.25) is 10.1 Å². The number of fused-ring (bicyclic) bond motifs is 1. The Bertz CT molecular complexity index is 1030. The number of rotatable bonds is 7. The van der Waals surface area contributed by atoms with Crippen molar-refractivity contribution < 1.29 is 24.2 Å². The molecule has 3 aliphatic rings. The van der Waals surface area contributed by atoms with Gasteiger partial charge in [-0.25, -0.2) is 14.5 Å². The maximum Gasteiger partial charge on any atom is 0.412 e. The number of hydrogen-bond acceptors (Lipinski definition) is 7. The Hall–Kier alpha value is -3.17. The number of carboxylic acids is 1. The van der Waals surface area contributed by atoms with Crippen molar-refractivity contribution in [3.63, 3.8) is 0 Å². The Morgan fingerprint density at radius 1 is 1.26 bits per heavy atom. The standard InChI is InChI=1S/C21H25N5O5/c1-10-14(31-15-7-5-12-16(15)17(12)20(27)28)8-6-13(22-10)18-19(26(2)25-24-18)23-21(29)30-9-11-3-4-11/h6,8,11-12,15-17H,3-5,7,9H2,1-2H3,(H,23,29)(H,27,28)/t12-,15-,16-,17-/m1/s1. The number of hydrogen-bond donors (Lipinski definition) is 2. The molecule has 0 radical (unpaired) electrons. The van der Waals surface area contributed by atoms with Crippen molar-refractivity contribution in [3.8, 4) is 17.1 Å². The number of aliphatic carboxylic acids is 1. The molecule has 2 aromatic rings. The number of pyridine rings is 1. The first-order valence-corrected chi connectivity index (χ1v) is 10.6. The molecule has 0 bridgehead atoms. The summed E-state index contributed by atoms with van der Waals surface area (Å²) in [6.07, 6.45) is 3.32. The summed E-state index contributed by atoms with van der Waals surface area (Å²) in [6, 6.07) is 3.58. The predicted molar refractivity (Wildman–Crippen MR) is 108 cm³/mol. The molecule has 3 fully saturated rings. The number of amides is 1. The van der Waals surface area contributed by atoms with Crippen LogP contribution < -0.4 is 10.1 Å². The molecule has 2 N–H and O–H groups in total. The number of nitrogens with zero attached hydrogens (tertiary/aromatic N) is 4. The van der Waals surface area contributed by atoms with Crippen LogP contribution in [0.15, 0.2) is 12.1 Å². The molecule has 10 nitrogen and oxygen atoms in total. The molecule has 3 aliphatic carbocycles. The molecule has 164 valence electrons. The third-order valence-electron chi connectivity index (χ3n) is 6.48. The molecule has 3 saturated carbocycles. The van der Waals surface area contributed by atoms with Gasteiger partial charge >= 0.3 is 12.1 Å². The van der Waals surface area contributed by atoms with Gasteiger partial charge in [-0.2, -0.15) is 0 Å². The van der Waals surface area contributed by atoms with Gasteiger partial charge in [-0.1, -0.05) is 5.21 Å². The van der Waals surface area contributed by atoms with E-state index in [4.69, 9.17) is 9.47 Å². The second-order valence-corrected chi connectivity index (χ2v) is 8.70. The van der Waals surface area contributed by atoms with Crippen molar-refractivity contribution in [1.29, 1.82) is 0 Å². The SMILES string of the molecule is Cc1nc(-c2nnn(C)c2NC(=O)OCC2CC2)ccc1O[C@@H]1CC[C@H]2[C@@H](C(=O)O)[C@H]21.